The molecule has 1 amide bonds. The zero-order chi connectivity index (χ0) is 14.8. The van der Waals surface area contributed by atoms with Gasteiger partial charge in [0, 0.05) is 12.4 Å². The first-order chi connectivity index (χ1) is 9.38. The minimum Gasteiger partial charge on any atom is -0.319 e. The number of rotatable bonds is 3. The molecule has 0 aliphatic carbocycles. The Balaban J connectivity index is 2.32. The number of aromatic nitrogens is 2. The molecule has 104 valence electrons. The molecular weight excluding hydrogens is 304 g/mol. The highest BCUT2D eigenvalue weighted by Crippen LogP contribution is 2.25. The molecule has 1 aromatic heterocycles. The van der Waals surface area contributed by atoms with Crippen LogP contribution < -0.4 is 10.5 Å². The van der Waals surface area contributed by atoms with Crippen LogP contribution in [0.5, 0.6) is 0 Å². The monoisotopic (exact) mass is 312 g/mol. The Bertz CT molecular complexity index is 750. The van der Waals surface area contributed by atoms with Gasteiger partial charge in [-0.1, -0.05) is 11.6 Å². The maximum atomic E-state index is 11.9. The Morgan fingerprint density at radius 3 is 2.65 bits per heavy atom. The van der Waals surface area contributed by atoms with Crippen molar-refractivity contribution in [1.82, 2.24) is 9.97 Å². The van der Waals surface area contributed by atoms with Gasteiger partial charge in [-0.3, -0.25) is 9.78 Å². The minimum atomic E-state index is -3.88. The van der Waals surface area contributed by atoms with E-state index in [0.29, 0.717) is 0 Å². The Kier molecular flexibility index (Phi) is 3.98. The van der Waals surface area contributed by atoms with Crippen LogP contribution in [0.25, 0.3) is 0 Å². The van der Waals surface area contributed by atoms with Crippen molar-refractivity contribution in [3.05, 3.63) is 47.5 Å². The van der Waals surface area contributed by atoms with Gasteiger partial charge in [-0.25, -0.2) is 18.5 Å². The molecule has 0 fully saturated rings. The highest BCUT2D eigenvalue weighted by molar-refractivity contribution is 7.89. The van der Waals surface area contributed by atoms with Crippen molar-refractivity contribution in [3.8, 4) is 0 Å². The standard InChI is InChI=1S/C11H9ClN4O3S/c12-8-2-1-7(20(13,18)19)5-9(8)16-11(17)10-6-14-3-4-15-10/h1-6H,(H,16,17)(H2,13,18,19). The first-order valence-electron chi connectivity index (χ1n) is 5.27. The number of nitrogens with one attached hydrogen (secondary N) is 1. The topological polar surface area (TPSA) is 115 Å². The van der Waals surface area contributed by atoms with Gasteiger partial charge < -0.3 is 5.32 Å². The van der Waals surface area contributed by atoms with Gasteiger partial charge in [0.25, 0.3) is 5.91 Å². The van der Waals surface area contributed by atoms with Gasteiger partial charge >= 0.3 is 0 Å². The summed E-state index contributed by atoms with van der Waals surface area (Å²) in [5.41, 5.74) is 0.193. The van der Waals surface area contributed by atoms with E-state index in [1.807, 2.05) is 0 Å². The SMILES string of the molecule is NS(=O)(=O)c1ccc(Cl)c(NC(=O)c2cnccn2)c1. The van der Waals surface area contributed by atoms with Gasteiger partial charge in [0.15, 0.2) is 0 Å². The van der Waals surface area contributed by atoms with Gasteiger partial charge in [0.2, 0.25) is 10.0 Å². The molecule has 0 spiro atoms. The maximum Gasteiger partial charge on any atom is 0.275 e. The average molecular weight is 313 g/mol. The molecule has 0 aliphatic rings. The lowest BCUT2D eigenvalue weighted by molar-refractivity contribution is 0.102. The van der Waals surface area contributed by atoms with E-state index in [4.69, 9.17) is 16.7 Å². The van der Waals surface area contributed by atoms with Crippen molar-refractivity contribution < 1.29 is 13.2 Å². The van der Waals surface area contributed by atoms with E-state index in [9.17, 15) is 13.2 Å². The number of hydrogen-bond acceptors (Lipinski definition) is 5. The number of carbonyl (C=O) groups is 1. The molecular formula is C11H9ClN4O3S. The van der Waals surface area contributed by atoms with Gasteiger partial charge in [-0.2, -0.15) is 0 Å². The van der Waals surface area contributed by atoms with Gasteiger partial charge in [-0.15, -0.1) is 0 Å². The van der Waals surface area contributed by atoms with Gasteiger partial charge in [0.1, 0.15) is 5.69 Å². The van der Waals surface area contributed by atoms with Crippen molar-refractivity contribution in [2.45, 2.75) is 4.90 Å². The molecule has 0 aliphatic heterocycles. The second-order valence-electron chi connectivity index (χ2n) is 3.73. The highest BCUT2D eigenvalue weighted by Gasteiger charge is 2.14. The zero-order valence-electron chi connectivity index (χ0n) is 9.95. The summed E-state index contributed by atoms with van der Waals surface area (Å²) >= 11 is 5.89. The Hall–Kier alpha value is -2.03. The molecule has 7 nitrogen and oxygen atoms in total. The van der Waals surface area contributed by atoms with Crippen LogP contribution in [0.1, 0.15) is 10.5 Å². The van der Waals surface area contributed by atoms with E-state index in [1.165, 1.54) is 36.8 Å². The van der Waals surface area contributed by atoms with Gasteiger partial charge in [-0.05, 0) is 18.2 Å². The highest BCUT2D eigenvalue weighted by atomic mass is 35.5. The van der Waals surface area contributed by atoms with Crippen molar-refractivity contribution >= 4 is 33.2 Å². The summed E-state index contributed by atoms with van der Waals surface area (Å²) in [7, 11) is -3.88. The summed E-state index contributed by atoms with van der Waals surface area (Å²) in [5.74, 6) is -0.563. The average Bonchev–Trinajstić information content (AvgIpc) is 2.41. The molecule has 0 radical (unpaired) electrons. The molecule has 9 heteroatoms. The third-order valence-corrected chi connectivity index (χ3v) is 3.55. The molecule has 0 bridgehead atoms. The fraction of sp³-hybridized carbons (Fsp3) is 0. The molecule has 3 N–H and O–H groups in total. The molecule has 1 aromatic carbocycles. The molecule has 20 heavy (non-hydrogen) atoms. The van der Waals surface area contributed by atoms with Crippen LogP contribution in [-0.4, -0.2) is 24.3 Å². The Morgan fingerprint density at radius 1 is 1.30 bits per heavy atom. The first kappa shape index (κ1) is 14.4. The first-order valence-corrected chi connectivity index (χ1v) is 7.20. The number of carbonyl (C=O) groups excluding carboxylic acids is 1. The van der Waals surface area contributed by atoms with Crippen molar-refractivity contribution in [2.24, 2.45) is 5.14 Å². The van der Waals surface area contributed by atoms with Crippen LogP contribution >= 0.6 is 11.6 Å². The van der Waals surface area contributed by atoms with Crippen LogP contribution in [0, 0.1) is 0 Å². The lowest BCUT2D eigenvalue weighted by Crippen LogP contribution is -2.16. The predicted octanol–water partition coefficient (Wildman–Crippen LogP) is 1.03. The van der Waals surface area contributed by atoms with Crippen LogP contribution in [0.15, 0.2) is 41.7 Å². The van der Waals surface area contributed by atoms with Crippen LogP contribution in [0.2, 0.25) is 5.02 Å². The Labute approximate surface area is 119 Å². The third kappa shape index (κ3) is 3.29. The summed E-state index contributed by atoms with van der Waals surface area (Å²) < 4.78 is 22.5. The molecule has 0 atom stereocenters. The fourth-order valence-corrected chi connectivity index (χ4v) is 2.08. The van der Waals surface area contributed by atoms with E-state index >= 15 is 0 Å². The summed E-state index contributed by atoms with van der Waals surface area (Å²) in [6.07, 6.45) is 4.05. The molecule has 0 unspecified atom stereocenters. The quantitative estimate of drug-likeness (QED) is 0.878. The molecule has 0 saturated heterocycles. The van der Waals surface area contributed by atoms with E-state index in [0.717, 1.165) is 0 Å². The second kappa shape index (κ2) is 5.53. The molecule has 0 saturated carbocycles. The maximum absolute atomic E-state index is 11.9. The Morgan fingerprint density at radius 2 is 2.05 bits per heavy atom. The number of benzene rings is 1. The van der Waals surface area contributed by atoms with Crippen LogP contribution in [0.4, 0.5) is 5.69 Å². The number of anilines is 1. The second-order valence-corrected chi connectivity index (χ2v) is 5.70. The number of sulfonamides is 1. The van der Waals surface area contributed by atoms with Crippen molar-refractivity contribution in [2.75, 3.05) is 5.32 Å². The lowest BCUT2D eigenvalue weighted by atomic mass is 10.3. The number of hydrogen-bond donors (Lipinski definition) is 2. The number of primary sulfonamides is 1. The fourth-order valence-electron chi connectivity index (χ4n) is 1.38. The summed E-state index contributed by atoms with van der Waals surface area (Å²) in [6.45, 7) is 0. The van der Waals surface area contributed by atoms with E-state index in [1.54, 1.807) is 0 Å². The summed E-state index contributed by atoms with van der Waals surface area (Å²) in [6, 6.07) is 3.75. The van der Waals surface area contributed by atoms with Crippen LogP contribution in [-0.2, 0) is 10.0 Å². The third-order valence-electron chi connectivity index (χ3n) is 2.31. The molecule has 2 aromatic rings. The van der Waals surface area contributed by atoms with E-state index in [2.05, 4.69) is 15.3 Å². The number of nitrogens with zero attached hydrogens (tertiary/aromatic N) is 2. The van der Waals surface area contributed by atoms with Crippen molar-refractivity contribution in [1.29, 1.82) is 0 Å². The largest absolute Gasteiger partial charge is 0.319 e. The predicted molar refractivity (Wildman–Crippen MR) is 72.8 cm³/mol. The number of nitrogens with two attached hydrogens (primary N) is 1. The summed E-state index contributed by atoms with van der Waals surface area (Å²) in [5, 5.41) is 7.63. The van der Waals surface area contributed by atoms with E-state index < -0.39 is 15.9 Å². The normalized spacial score (nSPS) is 11.1. The smallest absolute Gasteiger partial charge is 0.275 e. The number of amides is 1. The number of halogens is 1. The summed E-state index contributed by atoms with van der Waals surface area (Å²) in [4.78, 5) is 19.3. The van der Waals surface area contributed by atoms with Crippen molar-refractivity contribution in [3.63, 3.8) is 0 Å². The van der Waals surface area contributed by atoms with Gasteiger partial charge in [0.05, 0.1) is 21.8 Å². The molecule has 2 rings (SSSR count). The van der Waals surface area contributed by atoms with Crippen LogP contribution in [0.3, 0.4) is 0 Å². The minimum absolute atomic E-state index is 0.0737. The molecule has 1 heterocycles. The lowest BCUT2D eigenvalue weighted by Gasteiger charge is -2.08. The van der Waals surface area contributed by atoms with E-state index in [-0.39, 0.29) is 21.3 Å². The zero-order valence-corrected chi connectivity index (χ0v) is 11.5.